The van der Waals surface area contributed by atoms with Crippen molar-refractivity contribution < 1.29 is 0 Å². The van der Waals surface area contributed by atoms with E-state index in [-0.39, 0.29) is 0 Å². The van der Waals surface area contributed by atoms with Crippen LogP contribution in [0.15, 0.2) is 67.0 Å². The molecule has 0 N–H and O–H groups in total. The fourth-order valence-corrected chi connectivity index (χ4v) is 3.51. The fraction of sp³-hybridized carbons (Fsp3) is 0. The van der Waals surface area contributed by atoms with Crippen LogP contribution in [0.25, 0.3) is 31.3 Å². The van der Waals surface area contributed by atoms with E-state index in [1.54, 1.807) is 0 Å². The van der Waals surface area contributed by atoms with E-state index in [0.29, 0.717) is 0 Å². The number of aromatic nitrogens is 1. The molecule has 2 heterocycles. The molecule has 0 fully saturated rings. The molecular weight excluding hydrogens is 250 g/mol. The summed E-state index contributed by atoms with van der Waals surface area (Å²) in [5.74, 6) is 0. The number of benzene rings is 2. The predicted molar refractivity (Wildman–Crippen MR) is 82.6 cm³/mol. The third-order valence-corrected chi connectivity index (χ3v) is 4.51. The first-order chi connectivity index (χ1) is 9.42. The summed E-state index contributed by atoms with van der Waals surface area (Å²) in [4.78, 5) is 5.65. The Labute approximate surface area is 115 Å². The molecule has 0 radical (unpaired) electrons. The average Bonchev–Trinajstić information content (AvgIpc) is 2.90. The minimum atomic E-state index is 1.19. The molecule has 19 heavy (non-hydrogen) atoms. The van der Waals surface area contributed by atoms with Gasteiger partial charge in [0.25, 0.3) is 0 Å². The van der Waals surface area contributed by atoms with Crippen molar-refractivity contribution in [1.82, 2.24) is 4.98 Å². The minimum Gasteiger partial charge on any atom is -0.263 e. The molecule has 0 aliphatic carbocycles. The van der Waals surface area contributed by atoms with E-state index in [1.165, 1.54) is 31.3 Å². The van der Waals surface area contributed by atoms with Crippen LogP contribution in [0.4, 0.5) is 0 Å². The lowest BCUT2D eigenvalue weighted by atomic mass is 10.1. The van der Waals surface area contributed by atoms with Crippen molar-refractivity contribution in [1.29, 1.82) is 0 Å². The lowest BCUT2D eigenvalue weighted by Crippen LogP contribution is -1.80. The maximum absolute atomic E-state index is 4.37. The number of pyridine rings is 1. The van der Waals surface area contributed by atoms with E-state index in [9.17, 15) is 0 Å². The predicted octanol–water partition coefficient (Wildman–Crippen LogP) is 5.12. The van der Waals surface area contributed by atoms with Crippen LogP contribution in [0.1, 0.15) is 0 Å². The highest BCUT2D eigenvalue weighted by atomic mass is 32.1. The molecule has 0 aliphatic rings. The first kappa shape index (κ1) is 10.7. The second kappa shape index (κ2) is 4.18. The molecule has 90 valence electrons. The van der Waals surface area contributed by atoms with Crippen molar-refractivity contribution in [3.05, 3.63) is 67.0 Å². The normalized spacial score (nSPS) is 11.2. The van der Waals surface area contributed by atoms with Gasteiger partial charge in [-0.05, 0) is 22.9 Å². The Bertz CT molecular complexity index is 838. The van der Waals surface area contributed by atoms with Gasteiger partial charge in [0.2, 0.25) is 0 Å². The molecule has 0 atom stereocenters. The second-order valence-corrected chi connectivity index (χ2v) is 5.64. The number of hydrogen-bond donors (Lipinski definition) is 0. The van der Waals surface area contributed by atoms with Crippen molar-refractivity contribution >= 4 is 32.2 Å². The van der Waals surface area contributed by atoms with Gasteiger partial charge in [-0.3, -0.25) is 4.98 Å². The standard InChI is InChI=1S/C17H11NS/c1-3-7-14-13(6-1)10-18-11-15(14)17-9-12-5-2-4-8-16(12)19-17/h1-11H. The molecule has 2 aromatic carbocycles. The van der Waals surface area contributed by atoms with Crippen molar-refractivity contribution in [2.45, 2.75) is 0 Å². The molecule has 1 nitrogen and oxygen atoms in total. The lowest BCUT2D eigenvalue weighted by Gasteiger charge is -2.02. The zero-order valence-electron chi connectivity index (χ0n) is 10.2. The molecule has 0 amide bonds. The van der Waals surface area contributed by atoms with Crippen molar-refractivity contribution in [3.8, 4) is 10.4 Å². The van der Waals surface area contributed by atoms with E-state index in [4.69, 9.17) is 0 Å². The van der Waals surface area contributed by atoms with Gasteiger partial charge in [-0.15, -0.1) is 11.3 Å². The summed E-state index contributed by atoms with van der Waals surface area (Å²) in [6.45, 7) is 0. The van der Waals surface area contributed by atoms with Crippen LogP contribution in [0.3, 0.4) is 0 Å². The average molecular weight is 261 g/mol. The molecule has 0 bridgehead atoms. The maximum Gasteiger partial charge on any atom is 0.0377 e. The highest BCUT2D eigenvalue weighted by Gasteiger charge is 2.07. The smallest absolute Gasteiger partial charge is 0.0377 e. The molecule has 4 aromatic rings. The third-order valence-electron chi connectivity index (χ3n) is 3.36. The van der Waals surface area contributed by atoms with E-state index in [0.717, 1.165) is 0 Å². The zero-order chi connectivity index (χ0) is 12.7. The summed E-state index contributed by atoms with van der Waals surface area (Å²) in [6.07, 6.45) is 3.89. The van der Waals surface area contributed by atoms with Gasteiger partial charge in [-0.1, -0.05) is 42.5 Å². The SMILES string of the molecule is c1ccc2sc(-c3cncc4ccccc34)cc2c1. The van der Waals surface area contributed by atoms with Crippen molar-refractivity contribution in [3.63, 3.8) is 0 Å². The molecule has 4 rings (SSSR count). The molecule has 2 aromatic heterocycles. The Hall–Kier alpha value is -2.19. The highest BCUT2D eigenvalue weighted by Crippen LogP contribution is 2.36. The first-order valence-electron chi connectivity index (χ1n) is 6.23. The Morgan fingerprint density at radius 1 is 0.789 bits per heavy atom. The van der Waals surface area contributed by atoms with E-state index in [1.807, 2.05) is 23.7 Å². The molecular formula is C17H11NS. The molecule has 0 spiro atoms. The van der Waals surface area contributed by atoms with Crippen LogP contribution in [-0.4, -0.2) is 4.98 Å². The topological polar surface area (TPSA) is 12.9 Å². The quantitative estimate of drug-likeness (QED) is 0.463. The number of nitrogens with zero attached hydrogens (tertiary/aromatic N) is 1. The van der Waals surface area contributed by atoms with Gasteiger partial charge in [0.05, 0.1) is 0 Å². The monoisotopic (exact) mass is 261 g/mol. The third kappa shape index (κ3) is 1.72. The van der Waals surface area contributed by atoms with Gasteiger partial charge in [0.1, 0.15) is 0 Å². The van der Waals surface area contributed by atoms with E-state index < -0.39 is 0 Å². The molecule has 0 unspecified atom stereocenters. The summed E-state index contributed by atoms with van der Waals surface area (Å²) < 4.78 is 1.32. The van der Waals surface area contributed by atoms with Crippen molar-refractivity contribution in [2.75, 3.05) is 0 Å². The number of hydrogen-bond acceptors (Lipinski definition) is 2. The molecule has 0 aliphatic heterocycles. The Kier molecular flexibility index (Phi) is 2.35. The maximum atomic E-state index is 4.37. The fourth-order valence-electron chi connectivity index (χ4n) is 2.43. The van der Waals surface area contributed by atoms with Crippen LogP contribution < -0.4 is 0 Å². The number of fused-ring (bicyclic) bond motifs is 2. The lowest BCUT2D eigenvalue weighted by molar-refractivity contribution is 1.37. The Morgan fingerprint density at radius 3 is 2.47 bits per heavy atom. The van der Waals surface area contributed by atoms with Crippen LogP contribution >= 0.6 is 11.3 Å². The molecule has 0 saturated heterocycles. The Balaban J connectivity index is 2.03. The van der Waals surface area contributed by atoms with Gasteiger partial charge in [0.15, 0.2) is 0 Å². The van der Waals surface area contributed by atoms with Gasteiger partial charge >= 0.3 is 0 Å². The molecule has 2 heteroatoms. The zero-order valence-corrected chi connectivity index (χ0v) is 11.0. The van der Waals surface area contributed by atoms with Crippen molar-refractivity contribution in [2.24, 2.45) is 0 Å². The summed E-state index contributed by atoms with van der Waals surface area (Å²) >= 11 is 1.83. The molecule has 0 saturated carbocycles. The Morgan fingerprint density at radius 2 is 1.58 bits per heavy atom. The second-order valence-electron chi connectivity index (χ2n) is 4.56. The summed E-state index contributed by atoms with van der Waals surface area (Å²) in [7, 11) is 0. The van der Waals surface area contributed by atoms with E-state index in [2.05, 4.69) is 59.6 Å². The summed E-state index contributed by atoms with van der Waals surface area (Å²) in [5.41, 5.74) is 1.22. The number of rotatable bonds is 1. The summed E-state index contributed by atoms with van der Waals surface area (Å²) in [6, 6.07) is 19.2. The minimum absolute atomic E-state index is 1.19. The van der Waals surface area contributed by atoms with Gasteiger partial charge in [0, 0.05) is 32.9 Å². The highest BCUT2D eigenvalue weighted by molar-refractivity contribution is 7.22. The largest absolute Gasteiger partial charge is 0.263 e. The van der Waals surface area contributed by atoms with Gasteiger partial charge in [-0.2, -0.15) is 0 Å². The van der Waals surface area contributed by atoms with Crippen LogP contribution in [0.2, 0.25) is 0 Å². The summed E-state index contributed by atoms with van der Waals surface area (Å²) in [5, 5.41) is 3.76. The van der Waals surface area contributed by atoms with Crippen LogP contribution in [0.5, 0.6) is 0 Å². The van der Waals surface area contributed by atoms with Gasteiger partial charge in [-0.25, -0.2) is 0 Å². The van der Waals surface area contributed by atoms with Crippen LogP contribution in [-0.2, 0) is 0 Å². The number of thiophene rings is 1. The van der Waals surface area contributed by atoms with E-state index >= 15 is 0 Å². The van der Waals surface area contributed by atoms with Crippen LogP contribution in [0, 0.1) is 0 Å². The first-order valence-corrected chi connectivity index (χ1v) is 7.05. The van der Waals surface area contributed by atoms with Gasteiger partial charge < -0.3 is 0 Å².